The number of ether oxygens (including phenoxy) is 1. The number of rotatable bonds is 9. The molecule has 1 aromatic rings. The summed E-state index contributed by atoms with van der Waals surface area (Å²) in [4.78, 5) is 11.7. The molecule has 0 fully saturated rings. The van der Waals surface area contributed by atoms with Crippen molar-refractivity contribution in [1.82, 2.24) is 5.43 Å². The summed E-state index contributed by atoms with van der Waals surface area (Å²) < 4.78 is 5.19. The summed E-state index contributed by atoms with van der Waals surface area (Å²) in [6, 6.07) is 4.35. The number of aliphatic hydroxyl groups is 5. The van der Waals surface area contributed by atoms with Gasteiger partial charge < -0.3 is 35.4 Å². The second kappa shape index (κ2) is 9.91. The van der Waals surface area contributed by atoms with Crippen LogP contribution in [-0.4, -0.2) is 80.4 Å². The molecule has 140 valence electrons. The maximum absolute atomic E-state index is 11.7. The molecule has 0 bridgehead atoms. The van der Waals surface area contributed by atoms with Crippen molar-refractivity contribution < 1.29 is 40.2 Å². The van der Waals surface area contributed by atoms with Crippen molar-refractivity contribution in [2.24, 2.45) is 5.10 Å². The fourth-order valence-electron chi connectivity index (χ4n) is 1.80. The van der Waals surface area contributed by atoms with Crippen molar-refractivity contribution in [3.63, 3.8) is 0 Å². The lowest BCUT2D eigenvalue weighted by atomic mass is 10.0. The Balaban J connectivity index is 2.66. The van der Waals surface area contributed by atoms with Gasteiger partial charge in [0.2, 0.25) is 0 Å². The summed E-state index contributed by atoms with van der Waals surface area (Å²) in [7, 11) is 0. The predicted molar refractivity (Wildman–Crippen MR) is 86.1 cm³/mol. The van der Waals surface area contributed by atoms with E-state index in [1.165, 1.54) is 24.4 Å². The number of carbonyl (C=O) groups is 1. The highest BCUT2D eigenvalue weighted by Gasteiger charge is 2.34. The fraction of sp³-hybridized carbons (Fsp3) is 0.467. The van der Waals surface area contributed by atoms with E-state index in [9.17, 15) is 30.3 Å². The van der Waals surface area contributed by atoms with Crippen LogP contribution in [-0.2, 0) is 4.79 Å². The molecule has 25 heavy (non-hydrogen) atoms. The van der Waals surface area contributed by atoms with E-state index in [1.54, 1.807) is 6.92 Å². The van der Waals surface area contributed by atoms with Gasteiger partial charge in [-0.05, 0) is 30.7 Å². The van der Waals surface area contributed by atoms with E-state index >= 15 is 0 Å². The third kappa shape index (κ3) is 5.96. The Kier molecular flexibility index (Phi) is 8.25. The number of aromatic hydroxyl groups is 1. The van der Waals surface area contributed by atoms with Crippen LogP contribution in [0.25, 0.3) is 0 Å². The number of hydrazone groups is 1. The van der Waals surface area contributed by atoms with Crippen LogP contribution in [0.5, 0.6) is 11.5 Å². The van der Waals surface area contributed by atoms with Crippen LogP contribution in [0.1, 0.15) is 12.5 Å². The van der Waals surface area contributed by atoms with Crippen molar-refractivity contribution in [3.05, 3.63) is 23.8 Å². The van der Waals surface area contributed by atoms with Gasteiger partial charge in [-0.2, -0.15) is 5.10 Å². The summed E-state index contributed by atoms with van der Waals surface area (Å²) in [5.74, 6) is -0.955. The Hall–Kier alpha value is -2.24. The summed E-state index contributed by atoms with van der Waals surface area (Å²) >= 11 is 0. The van der Waals surface area contributed by atoms with Crippen LogP contribution in [0.3, 0.4) is 0 Å². The molecule has 1 amide bonds. The van der Waals surface area contributed by atoms with E-state index in [0.29, 0.717) is 12.2 Å². The van der Waals surface area contributed by atoms with Crippen molar-refractivity contribution in [2.45, 2.75) is 31.3 Å². The Morgan fingerprint density at radius 2 is 1.96 bits per heavy atom. The van der Waals surface area contributed by atoms with E-state index in [1.807, 2.05) is 5.43 Å². The third-order valence-electron chi connectivity index (χ3n) is 3.20. The Morgan fingerprint density at radius 1 is 1.28 bits per heavy atom. The maximum Gasteiger partial charge on any atom is 0.271 e. The zero-order chi connectivity index (χ0) is 19.0. The molecule has 0 aliphatic carbocycles. The Morgan fingerprint density at radius 3 is 2.56 bits per heavy atom. The second-order valence-corrected chi connectivity index (χ2v) is 5.07. The summed E-state index contributed by atoms with van der Waals surface area (Å²) in [6.45, 7) is 1.24. The lowest BCUT2D eigenvalue weighted by Crippen LogP contribution is -2.50. The fourth-order valence-corrected chi connectivity index (χ4v) is 1.80. The molecule has 0 aliphatic heterocycles. The number of phenols is 1. The molecular formula is C15H22N2O8. The molecule has 0 saturated heterocycles. The first-order valence-corrected chi connectivity index (χ1v) is 7.43. The standard InChI is InChI=1S/C15H22N2O8/c1-2-25-11-5-8(3-4-9(11)19)6-16-17-15(24)14(23)13(22)12(21)10(20)7-18/h3-6,10,12-14,18-23H,2,7H2,1H3,(H,17,24)/b16-6-/t10-,12-,13-,14+/m1/s1. The predicted octanol–water partition coefficient (Wildman–Crippen LogP) is -2.32. The molecular weight excluding hydrogens is 336 g/mol. The smallest absolute Gasteiger partial charge is 0.271 e. The summed E-state index contributed by atoms with van der Waals surface area (Å²) in [5, 5.41) is 59.6. The Bertz CT molecular complexity index is 595. The van der Waals surface area contributed by atoms with Gasteiger partial charge >= 0.3 is 0 Å². The first-order valence-electron chi connectivity index (χ1n) is 7.43. The van der Waals surface area contributed by atoms with Gasteiger partial charge in [-0.25, -0.2) is 5.43 Å². The Labute approximate surface area is 143 Å². The largest absolute Gasteiger partial charge is 0.504 e. The van der Waals surface area contributed by atoms with Gasteiger partial charge in [-0.3, -0.25) is 4.79 Å². The van der Waals surface area contributed by atoms with Crippen molar-refractivity contribution >= 4 is 12.1 Å². The van der Waals surface area contributed by atoms with Gasteiger partial charge in [0.15, 0.2) is 17.6 Å². The van der Waals surface area contributed by atoms with Gasteiger partial charge in [-0.1, -0.05) is 0 Å². The van der Waals surface area contributed by atoms with E-state index in [4.69, 9.17) is 9.84 Å². The molecule has 0 aromatic heterocycles. The second-order valence-electron chi connectivity index (χ2n) is 5.07. The molecule has 0 heterocycles. The lowest BCUT2D eigenvalue weighted by molar-refractivity contribution is -0.148. The van der Waals surface area contributed by atoms with Gasteiger partial charge in [0.25, 0.3) is 5.91 Å². The van der Waals surface area contributed by atoms with Gasteiger partial charge in [0.1, 0.15) is 18.3 Å². The average Bonchev–Trinajstić information content (AvgIpc) is 2.61. The number of carbonyl (C=O) groups excluding carboxylic acids is 1. The highest BCUT2D eigenvalue weighted by molar-refractivity contribution is 5.85. The molecule has 7 N–H and O–H groups in total. The number of amides is 1. The normalized spacial score (nSPS) is 16.2. The molecule has 10 nitrogen and oxygen atoms in total. The van der Waals surface area contributed by atoms with E-state index in [2.05, 4.69) is 5.10 Å². The highest BCUT2D eigenvalue weighted by Crippen LogP contribution is 2.26. The zero-order valence-electron chi connectivity index (χ0n) is 13.5. The quantitative estimate of drug-likeness (QED) is 0.190. The molecule has 0 saturated carbocycles. The summed E-state index contributed by atoms with van der Waals surface area (Å²) in [6.07, 6.45) is -6.52. The molecule has 1 aromatic carbocycles. The van der Waals surface area contributed by atoms with Gasteiger partial charge in [0.05, 0.1) is 19.4 Å². The minimum absolute atomic E-state index is 0.0574. The van der Waals surface area contributed by atoms with Crippen LogP contribution in [0, 0.1) is 0 Å². The number of phenolic OH excluding ortho intramolecular Hbond substituents is 1. The molecule has 10 heteroatoms. The first-order chi connectivity index (χ1) is 11.8. The highest BCUT2D eigenvalue weighted by atomic mass is 16.5. The molecule has 1 rings (SSSR count). The molecule has 4 atom stereocenters. The van der Waals surface area contributed by atoms with Crippen molar-refractivity contribution in [3.8, 4) is 11.5 Å². The average molecular weight is 358 g/mol. The van der Waals surface area contributed by atoms with E-state index in [-0.39, 0.29) is 11.5 Å². The minimum atomic E-state index is -2.08. The number of nitrogens with one attached hydrogen (secondary N) is 1. The van der Waals surface area contributed by atoms with Crippen molar-refractivity contribution in [2.75, 3.05) is 13.2 Å². The van der Waals surface area contributed by atoms with Gasteiger partial charge in [0, 0.05) is 0 Å². The van der Waals surface area contributed by atoms with Crippen LogP contribution in [0.4, 0.5) is 0 Å². The minimum Gasteiger partial charge on any atom is -0.504 e. The number of nitrogens with zero attached hydrogens (tertiary/aromatic N) is 1. The molecule has 0 radical (unpaired) electrons. The number of benzene rings is 1. The summed E-state index contributed by atoms with van der Waals surface area (Å²) in [5.41, 5.74) is 2.43. The van der Waals surface area contributed by atoms with Crippen LogP contribution >= 0.6 is 0 Å². The number of aliphatic hydroxyl groups excluding tert-OH is 5. The molecule has 0 unspecified atom stereocenters. The van der Waals surface area contributed by atoms with Crippen LogP contribution in [0.2, 0.25) is 0 Å². The van der Waals surface area contributed by atoms with Crippen molar-refractivity contribution in [1.29, 1.82) is 0 Å². The molecule has 0 spiro atoms. The topological polar surface area (TPSA) is 172 Å². The molecule has 0 aliphatic rings. The monoisotopic (exact) mass is 358 g/mol. The lowest BCUT2D eigenvalue weighted by Gasteiger charge is -2.24. The van der Waals surface area contributed by atoms with E-state index < -0.39 is 36.9 Å². The van der Waals surface area contributed by atoms with E-state index in [0.717, 1.165) is 0 Å². The first kappa shape index (κ1) is 20.8. The van der Waals surface area contributed by atoms with Crippen LogP contribution < -0.4 is 10.2 Å². The van der Waals surface area contributed by atoms with Crippen LogP contribution in [0.15, 0.2) is 23.3 Å². The zero-order valence-corrected chi connectivity index (χ0v) is 13.5. The SMILES string of the molecule is CCOc1cc(/C=N\NC(=O)[C@@H](O)[C@H](O)[C@H](O)[C@H](O)CO)ccc1O. The number of hydrogen-bond acceptors (Lipinski definition) is 9. The number of hydrogen-bond donors (Lipinski definition) is 7. The van der Waals surface area contributed by atoms with Gasteiger partial charge in [-0.15, -0.1) is 0 Å². The maximum atomic E-state index is 11.7. The third-order valence-corrected chi connectivity index (χ3v) is 3.20.